The average Bonchev–Trinajstić information content (AvgIpc) is 3.38. The van der Waals surface area contributed by atoms with E-state index >= 15 is 0 Å². The first kappa shape index (κ1) is 57.9. The average molecular weight is 967 g/mol. The lowest BCUT2D eigenvalue weighted by Gasteiger charge is -2.12. The maximum atomic E-state index is 5.96. The first-order valence-electron chi connectivity index (χ1n) is 24.2. The summed E-state index contributed by atoms with van der Waals surface area (Å²) in [4.78, 5) is 0. The lowest BCUT2D eigenvalue weighted by molar-refractivity contribution is -0.0144. The van der Waals surface area contributed by atoms with Gasteiger partial charge in [-0.25, -0.2) is 0 Å². The molecule has 15 nitrogen and oxygen atoms in total. The van der Waals surface area contributed by atoms with Gasteiger partial charge in [-0.05, 0) is 33.4 Å². The molecule has 0 bridgehead atoms. The summed E-state index contributed by atoms with van der Waals surface area (Å²) in [5.41, 5.74) is 6.53. The molecule has 0 aromatic heterocycles. The zero-order chi connectivity index (χ0) is 48.0. The third-order valence-electron chi connectivity index (χ3n) is 9.72. The van der Waals surface area contributed by atoms with E-state index in [1.165, 1.54) is 0 Å². The van der Waals surface area contributed by atoms with Gasteiger partial charge in [0.1, 0.15) is 0 Å². The summed E-state index contributed by atoms with van der Waals surface area (Å²) in [5.74, 6) is 0. The fraction of sp³-hybridized carbons (Fsp3) is 0.556. The van der Waals surface area contributed by atoms with E-state index in [1.807, 2.05) is 91.0 Å². The van der Waals surface area contributed by atoms with Crippen molar-refractivity contribution in [2.45, 2.75) is 39.6 Å². The number of ether oxygens (including phenoxy) is 15. The van der Waals surface area contributed by atoms with Gasteiger partial charge in [-0.2, -0.15) is 0 Å². The highest BCUT2D eigenvalue weighted by Gasteiger charge is 2.05. The molecule has 0 fully saturated rings. The predicted octanol–water partition coefficient (Wildman–Crippen LogP) is 7.04. The van der Waals surface area contributed by atoms with Crippen LogP contribution in [-0.2, 0) is 111 Å². The Morgan fingerprint density at radius 3 is 0.478 bits per heavy atom. The Labute approximate surface area is 410 Å². The molecule has 0 amide bonds. The SMILES string of the molecule is c1ccc(COCCOCCOCCOCCOCc2cc(COCCOCCOCCOCCOCc3ccccc3)cc(COCCOCCOCCOCCOCc3ccccc3)c2)cc1. The number of rotatable bonds is 48. The number of benzene rings is 4. The van der Waals surface area contributed by atoms with Crippen molar-refractivity contribution < 1.29 is 71.1 Å². The summed E-state index contributed by atoms with van der Waals surface area (Å²) in [6.07, 6.45) is 0. The van der Waals surface area contributed by atoms with Crippen LogP contribution >= 0.6 is 0 Å². The van der Waals surface area contributed by atoms with Crippen molar-refractivity contribution in [3.8, 4) is 0 Å². The van der Waals surface area contributed by atoms with E-state index in [4.69, 9.17) is 71.1 Å². The Kier molecular flexibility index (Phi) is 36.1. The first-order chi connectivity index (χ1) is 34.3. The topological polar surface area (TPSA) is 138 Å². The molecule has 0 heterocycles. The van der Waals surface area contributed by atoms with Gasteiger partial charge in [-0.3, -0.25) is 0 Å². The molecule has 4 rings (SSSR count). The molecule has 0 N–H and O–H groups in total. The van der Waals surface area contributed by atoms with Crippen molar-refractivity contribution in [1.29, 1.82) is 0 Å². The van der Waals surface area contributed by atoms with Gasteiger partial charge in [0.25, 0.3) is 0 Å². The van der Waals surface area contributed by atoms with Crippen molar-refractivity contribution in [2.75, 3.05) is 159 Å². The second kappa shape index (κ2) is 43.1. The van der Waals surface area contributed by atoms with Crippen LogP contribution in [0.15, 0.2) is 109 Å². The van der Waals surface area contributed by atoms with Gasteiger partial charge in [0.05, 0.1) is 198 Å². The Balaban J connectivity index is 0.997. The summed E-state index contributed by atoms with van der Waals surface area (Å²) in [6.45, 7) is 15.0. The van der Waals surface area contributed by atoms with Crippen LogP contribution in [0.25, 0.3) is 0 Å². The van der Waals surface area contributed by atoms with E-state index in [-0.39, 0.29) is 0 Å². The fourth-order valence-corrected chi connectivity index (χ4v) is 6.28. The summed E-state index contributed by atoms with van der Waals surface area (Å²) in [6, 6.07) is 36.5. The predicted molar refractivity (Wildman–Crippen MR) is 261 cm³/mol. The zero-order valence-electron chi connectivity index (χ0n) is 40.7. The molecule has 0 aliphatic heterocycles. The monoisotopic (exact) mass is 967 g/mol. The molecule has 0 atom stereocenters. The zero-order valence-corrected chi connectivity index (χ0v) is 40.7. The molecule has 4 aromatic rings. The Morgan fingerprint density at radius 2 is 0.304 bits per heavy atom. The number of hydrogen-bond acceptors (Lipinski definition) is 15. The highest BCUT2D eigenvalue weighted by Crippen LogP contribution is 2.15. The van der Waals surface area contributed by atoms with Crippen LogP contribution in [-0.4, -0.2) is 159 Å². The molecular formula is C54H78O15. The molecule has 384 valence electrons. The molecule has 0 saturated carbocycles. The minimum Gasteiger partial charge on any atom is -0.377 e. The highest BCUT2D eigenvalue weighted by atomic mass is 16.6. The second-order valence-electron chi connectivity index (χ2n) is 15.4. The van der Waals surface area contributed by atoms with Gasteiger partial charge in [-0.15, -0.1) is 0 Å². The maximum Gasteiger partial charge on any atom is 0.0718 e. The van der Waals surface area contributed by atoms with E-state index in [2.05, 4.69) is 18.2 Å². The van der Waals surface area contributed by atoms with Crippen LogP contribution in [0, 0.1) is 0 Å². The Morgan fingerprint density at radius 1 is 0.159 bits per heavy atom. The molecule has 0 saturated heterocycles. The van der Waals surface area contributed by atoms with E-state index in [0.717, 1.165) is 33.4 Å². The molecular weight excluding hydrogens is 889 g/mol. The van der Waals surface area contributed by atoms with Gasteiger partial charge >= 0.3 is 0 Å². The fourth-order valence-electron chi connectivity index (χ4n) is 6.28. The van der Waals surface area contributed by atoms with Gasteiger partial charge in [0.15, 0.2) is 0 Å². The van der Waals surface area contributed by atoms with Crippen LogP contribution in [0.4, 0.5) is 0 Å². The highest BCUT2D eigenvalue weighted by molar-refractivity contribution is 5.29. The summed E-state index contributed by atoms with van der Waals surface area (Å²) in [5, 5.41) is 0. The van der Waals surface area contributed by atoms with Crippen LogP contribution < -0.4 is 0 Å². The Bertz CT molecular complexity index is 1500. The van der Waals surface area contributed by atoms with Gasteiger partial charge in [0.2, 0.25) is 0 Å². The van der Waals surface area contributed by atoms with E-state index < -0.39 is 0 Å². The second-order valence-corrected chi connectivity index (χ2v) is 15.4. The third kappa shape index (κ3) is 33.5. The molecule has 69 heavy (non-hydrogen) atoms. The lowest BCUT2D eigenvalue weighted by atomic mass is 10.1. The normalized spacial score (nSPS) is 11.5. The minimum atomic E-state index is 0.430. The molecule has 15 heteroatoms. The third-order valence-corrected chi connectivity index (χ3v) is 9.72. The summed E-state index contributed by atoms with van der Waals surface area (Å²) >= 11 is 0. The molecule has 0 unspecified atom stereocenters. The van der Waals surface area contributed by atoms with E-state index in [1.54, 1.807) is 0 Å². The molecule has 0 aliphatic rings. The van der Waals surface area contributed by atoms with Gasteiger partial charge in [-0.1, -0.05) is 109 Å². The standard InChI is InChI=1S/C54H78O15/c1-4-10-49(11-5-1)43-64-34-28-58-22-16-55-19-25-61-31-37-67-46-52-40-53(47-68-38-32-62-26-20-56-17-23-59-29-35-65-44-50-12-6-2-7-13-50)42-54(41-52)48-69-39-33-63-27-21-57-18-24-60-30-36-66-45-51-14-8-3-9-15-51/h1-15,40-42H,16-39,43-48H2. The molecule has 0 spiro atoms. The smallest absolute Gasteiger partial charge is 0.0718 e. The van der Waals surface area contributed by atoms with Crippen LogP contribution in [0.1, 0.15) is 33.4 Å². The van der Waals surface area contributed by atoms with Crippen molar-refractivity contribution in [2.24, 2.45) is 0 Å². The van der Waals surface area contributed by atoms with E-state index in [0.29, 0.717) is 198 Å². The van der Waals surface area contributed by atoms with Crippen molar-refractivity contribution >= 4 is 0 Å². The van der Waals surface area contributed by atoms with Gasteiger partial charge in [0, 0.05) is 0 Å². The largest absolute Gasteiger partial charge is 0.377 e. The van der Waals surface area contributed by atoms with Crippen molar-refractivity contribution in [1.82, 2.24) is 0 Å². The van der Waals surface area contributed by atoms with Crippen LogP contribution in [0.2, 0.25) is 0 Å². The lowest BCUT2D eigenvalue weighted by Crippen LogP contribution is -2.13. The quantitative estimate of drug-likeness (QED) is 0.0419. The Hall–Kier alpha value is -3.72. The maximum absolute atomic E-state index is 5.96. The molecule has 0 aliphatic carbocycles. The summed E-state index contributed by atoms with van der Waals surface area (Å²) in [7, 11) is 0. The van der Waals surface area contributed by atoms with Crippen molar-refractivity contribution in [3.63, 3.8) is 0 Å². The molecule has 0 radical (unpaired) electrons. The first-order valence-corrected chi connectivity index (χ1v) is 24.2. The van der Waals surface area contributed by atoms with Crippen LogP contribution in [0.3, 0.4) is 0 Å². The molecule has 4 aromatic carbocycles. The minimum absolute atomic E-state index is 0.430. The van der Waals surface area contributed by atoms with Crippen LogP contribution in [0.5, 0.6) is 0 Å². The summed E-state index contributed by atoms with van der Waals surface area (Å²) < 4.78 is 85.5. The van der Waals surface area contributed by atoms with Crippen molar-refractivity contribution in [3.05, 3.63) is 143 Å². The van der Waals surface area contributed by atoms with E-state index in [9.17, 15) is 0 Å². The number of hydrogen-bond donors (Lipinski definition) is 0. The van der Waals surface area contributed by atoms with Gasteiger partial charge < -0.3 is 71.1 Å².